The molecule has 5 amide bonds. The third-order valence-electron chi connectivity index (χ3n) is 6.95. The summed E-state index contributed by atoms with van der Waals surface area (Å²) in [4.78, 5) is 102. The molecule has 4 rings (SSSR count). The number of carbonyl (C=O) groups excluding carboxylic acids is 5. The summed E-state index contributed by atoms with van der Waals surface area (Å²) in [5.74, 6) is -4.29. The first-order valence-corrected chi connectivity index (χ1v) is 18.7. The lowest BCUT2D eigenvalue weighted by molar-refractivity contribution is -0.179. The number of thiazole rings is 1. The van der Waals surface area contributed by atoms with Crippen LogP contribution in [0.15, 0.2) is 32.4 Å². The molecule has 0 aliphatic carbocycles. The summed E-state index contributed by atoms with van der Waals surface area (Å²) >= 11 is 0.861. The van der Waals surface area contributed by atoms with Crippen LogP contribution in [0.5, 0.6) is 5.75 Å². The normalized spacial score (nSPS) is 14.9. The summed E-state index contributed by atoms with van der Waals surface area (Å²) in [5, 5.41) is 32.1. The third kappa shape index (κ3) is 10.4. The van der Waals surface area contributed by atoms with E-state index in [0.717, 1.165) is 23.6 Å². The van der Waals surface area contributed by atoms with E-state index in [4.69, 9.17) is 14.3 Å². The van der Waals surface area contributed by atoms with Gasteiger partial charge in [-0.25, -0.2) is 28.9 Å². The predicted octanol–water partition coefficient (Wildman–Crippen LogP) is 0.103. The van der Waals surface area contributed by atoms with Crippen LogP contribution in [0.1, 0.15) is 61.1 Å². The molecule has 24 nitrogen and oxygen atoms in total. The van der Waals surface area contributed by atoms with Gasteiger partial charge in [-0.1, -0.05) is 9.24 Å². The van der Waals surface area contributed by atoms with Crippen molar-refractivity contribution in [3.05, 3.63) is 44.0 Å². The van der Waals surface area contributed by atoms with Gasteiger partial charge in [0.2, 0.25) is 11.0 Å². The fourth-order valence-electron chi connectivity index (χ4n) is 4.32. The molecule has 306 valence electrons. The number of likely N-dealkylation sites (tertiary alicyclic amines) is 1. The van der Waals surface area contributed by atoms with E-state index in [1.54, 1.807) is 47.6 Å². The Morgan fingerprint density at radius 2 is 1.74 bits per heavy atom. The maximum atomic E-state index is 13.5. The molecule has 5 N–H and O–H groups in total. The number of esters is 1. The molecule has 1 aliphatic rings. The number of oxime groups is 1. The van der Waals surface area contributed by atoms with Crippen LogP contribution >= 0.6 is 11.3 Å². The Kier molecular flexibility index (Phi) is 12.0. The summed E-state index contributed by atoms with van der Waals surface area (Å²) in [7, 11) is -5.21. The number of aromatic amines is 1. The van der Waals surface area contributed by atoms with Gasteiger partial charge in [0.15, 0.2) is 22.4 Å². The van der Waals surface area contributed by atoms with Gasteiger partial charge < -0.3 is 29.7 Å². The fourth-order valence-corrected chi connectivity index (χ4v) is 5.91. The Bertz CT molecular complexity index is 2430. The average molecular weight is 836 g/mol. The molecule has 57 heavy (non-hydrogen) atoms. The van der Waals surface area contributed by atoms with E-state index in [9.17, 15) is 52.3 Å². The van der Waals surface area contributed by atoms with Crippen molar-refractivity contribution >= 4 is 62.3 Å². The van der Waals surface area contributed by atoms with E-state index in [1.807, 2.05) is 0 Å². The Hall–Kier alpha value is -6.62. The predicted molar refractivity (Wildman–Crippen MR) is 196 cm³/mol. The highest BCUT2D eigenvalue weighted by molar-refractivity contribution is 7.88. The van der Waals surface area contributed by atoms with E-state index < -0.39 is 104 Å². The van der Waals surface area contributed by atoms with Gasteiger partial charge in [0, 0.05) is 17.6 Å². The van der Waals surface area contributed by atoms with E-state index in [1.165, 1.54) is 23.9 Å². The lowest BCUT2D eigenvalue weighted by Crippen LogP contribution is -2.68. The number of aromatic nitrogens is 5. The maximum Gasteiger partial charge on any atom is 0.413 e. The number of H-pyrrole nitrogens is 1. The van der Waals surface area contributed by atoms with Gasteiger partial charge in [0.25, 0.3) is 11.8 Å². The Morgan fingerprint density at radius 3 is 2.32 bits per heavy atom. The van der Waals surface area contributed by atoms with Gasteiger partial charge in [-0.3, -0.25) is 29.2 Å². The second-order valence-electron chi connectivity index (χ2n) is 14.4. The minimum Gasteiger partial charge on any atom is -0.503 e. The molecular weight excluding hydrogens is 799 g/mol. The highest BCUT2D eigenvalue weighted by Gasteiger charge is 2.44. The van der Waals surface area contributed by atoms with Crippen molar-refractivity contribution in [2.45, 2.75) is 84.8 Å². The van der Waals surface area contributed by atoms with Gasteiger partial charge in [0.05, 0.1) is 18.3 Å². The summed E-state index contributed by atoms with van der Waals surface area (Å²) in [6.45, 7) is 11.1. The van der Waals surface area contributed by atoms with Gasteiger partial charge in [0.1, 0.15) is 29.5 Å². The van der Waals surface area contributed by atoms with Crippen LogP contribution in [0.4, 0.5) is 14.7 Å². The van der Waals surface area contributed by atoms with Crippen molar-refractivity contribution in [2.75, 3.05) is 11.9 Å². The number of ether oxygens (including phenoxy) is 2. The number of nitrogens with zero attached hydrogens (tertiary/aromatic N) is 7. The largest absolute Gasteiger partial charge is 0.503 e. The number of nitrogens with one attached hydrogen (secondary N) is 4. The van der Waals surface area contributed by atoms with Gasteiger partial charge in [-0.2, -0.15) is 13.7 Å². The molecule has 0 radical (unpaired) electrons. The number of nitriles is 1. The number of pyridine rings is 1. The molecule has 0 spiro atoms. The monoisotopic (exact) mass is 835 g/mol. The van der Waals surface area contributed by atoms with Crippen molar-refractivity contribution in [3.63, 3.8) is 0 Å². The Morgan fingerprint density at radius 1 is 1.09 bits per heavy atom. The molecule has 3 aromatic rings. The molecule has 26 heteroatoms. The first-order valence-electron chi connectivity index (χ1n) is 16.4. The van der Waals surface area contributed by atoms with Crippen molar-refractivity contribution in [1.29, 1.82) is 5.26 Å². The number of urea groups is 1. The number of carbonyl (C=O) groups is 5. The SMILES string of the molecule is CC(C)(C)OC(=O)Nc1nc(C(=NOC(C)(C)C(=O)OC(C)(C)C)C(=O)N[C@H]2CN(C(=O)NS(=O)(=O)n3nc(-c4cc(=O)c(O)c[nH]4)n(CC#N)c3=O)C2=O)cs1. The third-order valence-corrected chi connectivity index (χ3v) is 8.83. The van der Waals surface area contributed by atoms with E-state index in [-0.39, 0.29) is 20.6 Å². The zero-order valence-corrected chi connectivity index (χ0v) is 33.1. The van der Waals surface area contributed by atoms with E-state index >= 15 is 0 Å². The molecule has 1 atom stereocenters. The number of hydrogen-bond acceptors (Lipinski definition) is 18. The number of imide groups is 1. The zero-order valence-electron chi connectivity index (χ0n) is 31.5. The number of hydrogen-bond donors (Lipinski definition) is 5. The average Bonchev–Trinajstić information content (AvgIpc) is 3.66. The van der Waals surface area contributed by atoms with Crippen molar-refractivity contribution in [3.8, 4) is 23.3 Å². The smallest absolute Gasteiger partial charge is 0.413 e. The summed E-state index contributed by atoms with van der Waals surface area (Å²) in [6.07, 6.45) is -0.0209. The topological polar surface area (TPSA) is 328 Å². The van der Waals surface area contributed by atoms with Crippen LogP contribution in [0.2, 0.25) is 0 Å². The number of aromatic hydroxyl groups is 1. The van der Waals surface area contributed by atoms with Crippen molar-refractivity contribution < 1.29 is 51.8 Å². The first-order chi connectivity index (χ1) is 26.2. The second kappa shape index (κ2) is 15.9. The molecule has 1 aliphatic heterocycles. The minimum absolute atomic E-state index is 0.0324. The quantitative estimate of drug-likeness (QED) is 0.0740. The molecule has 4 heterocycles. The summed E-state index contributed by atoms with van der Waals surface area (Å²) in [6, 6.07) is -0.584. The zero-order chi connectivity index (χ0) is 42.8. The van der Waals surface area contributed by atoms with Crippen molar-refractivity contribution in [2.24, 2.45) is 5.16 Å². The number of β-lactam (4-membered cyclic amide) rings is 1. The van der Waals surface area contributed by atoms with E-state index in [2.05, 4.69) is 30.9 Å². The maximum absolute atomic E-state index is 13.5. The lowest BCUT2D eigenvalue weighted by Gasteiger charge is -2.36. The van der Waals surface area contributed by atoms with Crippen molar-refractivity contribution in [1.82, 2.24) is 38.7 Å². The number of rotatable bonds is 11. The fraction of sp³-hybridized carbons (Fsp3) is 0.452. The Balaban J connectivity index is 1.53. The summed E-state index contributed by atoms with van der Waals surface area (Å²) in [5.41, 5.74) is -6.91. The molecule has 1 saturated heterocycles. The highest BCUT2D eigenvalue weighted by atomic mass is 32.2. The number of amides is 5. The molecule has 3 aromatic heterocycles. The summed E-state index contributed by atoms with van der Waals surface area (Å²) < 4.78 is 38.6. The van der Waals surface area contributed by atoms with Gasteiger partial charge in [-0.05, 0) is 55.4 Å². The number of anilines is 1. The molecule has 1 fully saturated rings. The van der Waals surface area contributed by atoms with Crippen LogP contribution in [0, 0.1) is 11.3 Å². The minimum atomic E-state index is -5.21. The van der Waals surface area contributed by atoms with Crippen LogP contribution in [0.25, 0.3) is 11.5 Å². The van der Waals surface area contributed by atoms with E-state index in [0.29, 0.717) is 9.47 Å². The second-order valence-corrected chi connectivity index (χ2v) is 16.7. The van der Waals surface area contributed by atoms with Crippen LogP contribution in [-0.4, -0.2) is 107 Å². The first kappa shape index (κ1) is 43.1. The van der Waals surface area contributed by atoms with Crippen LogP contribution in [-0.2, 0) is 45.4 Å². The van der Waals surface area contributed by atoms with Crippen LogP contribution in [0.3, 0.4) is 0 Å². The highest BCUT2D eigenvalue weighted by Crippen LogP contribution is 2.22. The Labute approximate surface area is 326 Å². The van der Waals surface area contributed by atoms with Gasteiger partial charge in [-0.15, -0.1) is 16.4 Å². The lowest BCUT2D eigenvalue weighted by atomic mass is 10.1. The standard InChI is InChI=1S/C31H37N11O13S2/c1-29(2,3)53-24(47)31(7,8)55-38-20(17-14-56-25(35-17)36-27(49)54-30(4,5)6)22(45)34-16-13-41(23(16)46)26(48)39-57(51,52)42-28(50)40(10-9-32)21(37-42)15-11-18(43)19(44)12-33-15/h11-12,14,16,44H,10,13H2,1-8H3,(H,33,43)(H,34,45)(H,39,48)(H,35,36,49)/t16-/m0/s1. The molecule has 0 saturated carbocycles. The molecule has 0 bridgehead atoms. The molecule has 0 unspecified atom stereocenters. The van der Waals surface area contributed by atoms with Gasteiger partial charge >= 0.3 is 34.0 Å². The molecular formula is C31H37N11O13S2. The van der Waals surface area contributed by atoms with Crippen LogP contribution < -0.4 is 26.5 Å². The molecule has 0 aromatic carbocycles.